The highest BCUT2D eigenvalue weighted by Crippen LogP contribution is 2.20. The van der Waals surface area contributed by atoms with Crippen molar-refractivity contribution in [2.24, 2.45) is 0 Å². The lowest BCUT2D eigenvalue weighted by molar-refractivity contribution is -0.0697. The lowest BCUT2D eigenvalue weighted by Crippen LogP contribution is -2.02. The Balaban J connectivity index is 2.76. The van der Waals surface area contributed by atoms with Gasteiger partial charge >= 0.3 is 6.18 Å². The molecule has 0 fully saturated rings. The Kier molecular flexibility index (Phi) is 3.43. The topological polar surface area (TPSA) is 0 Å². The lowest BCUT2D eigenvalue weighted by Gasteiger charge is -2.01. The molecule has 0 spiro atoms. The monoisotopic (exact) mass is 218 g/mol. The Bertz CT molecular complexity index is 345. The summed E-state index contributed by atoms with van der Waals surface area (Å²) in [5, 5.41) is -0.919. The number of rotatable bonds is 1. The van der Waals surface area contributed by atoms with Gasteiger partial charge in [-0.3, -0.25) is 0 Å². The summed E-state index contributed by atoms with van der Waals surface area (Å²) in [7, 11) is 0. The SMILES string of the molecule is FC(F)(F)C#CC(Cl)c1ccccc1. The Labute approximate surface area is 84.7 Å². The maximum Gasteiger partial charge on any atom is 0.457 e. The van der Waals surface area contributed by atoms with Crippen molar-refractivity contribution >= 4 is 11.6 Å². The molecule has 1 atom stereocenters. The predicted octanol–water partition coefficient (Wildman–Crippen LogP) is 3.53. The van der Waals surface area contributed by atoms with E-state index in [1.54, 1.807) is 30.3 Å². The fourth-order valence-corrected chi connectivity index (χ4v) is 1.05. The summed E-state index contributed by atoms with van der Waals surface area (Å²) >= 11 is 5.64. The van der Waals surface area contributed by atoms with E-state index in [0.717, 1.165) is 5.92 Å². The molecule has 0 radical (unpaired) electrons. The first kappa shape index (κ1) is 10.9. The van der Waals surface area contributed by atoms with Crippen LogP contribution in [0.15, 0.2) is 30.3 Å². The Morgan fingerprint density at radius 2 is 1.71 bits per heavy atom. The van der Waals surface area contributed by atoms with Crippen molar-refractivity contribution in [3.05, 3.63) is 35.9 Å². The van der Waals surface area contributed by atoms with E-state index < -0.39 is 11.6 Å². The molecule has 0 nitrogen and oxygen atoms in total. The second-order valence-electron chi connectivity index (χ2n) is 2.54. The fourth-order valence-electron chi connectivity index (χ4n) is 0.851. The maximum atomic E-state index is 11.7. The number of hydrogen-bond donors (Lipinski definition) is 0. The van der Waals surface area contributed by atoms with Gasteiger partial charge in [-0.05, 0) is 5.56 Å². The van der Waals surface area contributed by atoms with E-state index in [4.69, 9.17) is 11.6 Å². The molecule has 0 bridgehead atoms. The van der Waals surface area contributed by atoms with Crippen molar-refractivity contribution in [2.75, 3.05) is 0 Å². The van der Waals surface area contributed by atoms with E-state index in [0.29, 0.717) is 5.56 Å². The molecular weight excluding hydrogens is 213 g/mol. The molecule has 74 valence electrons. The van der Waals surface area contributed by atoms with E-state index >= 15 is 0 Å². The van der Waals surface area contributed by atoms with Gasteiger partial charge in [0.1, 0.15) is 5.38 Å². The van der Waals surface area contributed by atoms with Gasteiger partial charge in [0.15, 0.2) is 0 Å². The van der Waals surface area contributed by atoms with Crippen LogP contribution in [0.3, 0.4) is 0 Å². The zero-order valence-corrected chi connectivity index (χ0v) is 7.73. The zero-order chi connectivity index (χ0) is 10.6. The number of halogens is 4. The lowest BCUT2D eigenvalue weighted by atomic mass is 10.1. The van der Waals surface area contributed by atoms with Crippen molar-refractivity contribution in [1.82, 2.24) is 0 Å². The average Bonchev–Trinajstić information content (AvgIpc) is 2.14. The Morgan fingerprint density at radius 1 is 1.14 bits per heavy atom. The average molecular weight is 219 g/mol. The van der Waals surface area contributed by atoms with Gasteiger partial charge in [0.25, 0.3) is 0 Å². The standard InChI is InChI=1S/C10H6ClF3/c11-9(6-7-10(12,13)14)8-4-2-1-3-5-8/h1-5,9H. The molecule has 0 amide bonds. The van der Waals surface area contributed by atoms with Crippen LogP contribution in [-0.2, 0) is 0 Å². The van der Waals surface area contributed by atoms with Crippen molar-refractivity contribution in [3.63, 3.8) is 0 Å². The zero-order valence-electron chi connectivity index (χ0n) is 6.98. The summed E-state index contributed by atoms with van der Waals surface area (Å²) in [5.74, 6) is 3.07. The molecule has 0 aliphatic carbocycles. The predicted molar refractivity (Wildman–Crippen MR) is 48.9 cm³/mol. The number of hydrogen-bond acceptors (Lipinski definition) is 0. The number of benzene rings is 1. The van der Waals surface area contributed by atoms with Crippen LogP contribution in [-0.4, -0.2) is 6.18 Å². The minimum Gasteiger partial charge on any atom is -0.159 e. The summed E-state index contributed by atoms with van der Waals surface area (Å²) in [5.41, 5.74) is 0.561. The Morgan fingerprint density at radius 3 is 2.21 bits per heavy atom. The molecule has 1 rings (SSSR count). The summed E-state index contributed by atoms with van der Waals surface area (Å²) in [6.07, 6.45) is -4.48. The summed E-state index contributed by atoms with van der Waals surface area (Å²) in [6.45, 7) is 0. The quantitative estimate of drug-likeness (QED) is 0.500. The summed E-state index contributed by atoms with van der Waals surface area (Å²) < 4.78 is 35.1. The minimum atomic E-state index is -4.48. The van der Waals surface area contributed by atoms with Crippen LogP contribution >= 0.6 is 11.6 Å². The first-order valence-electron chi connectivity index (χ1n) is 3.77. The van der Waals surface area contributed by atoms with Gasteiger partial charge in [0.05, 0.1) is 0 Å². The highest BCUT2D eigenvalue weighted by molar-refractivity contribution is 6.22. The molecule has 0 aliphatic heterocycles. The van der Waals surface area contributed by atoms with Crippen LogP contribution in [0, 0.1) is 11.8 Å². The first-order chi connectivity index (χ1) is 6.49. The smallest absolute Gasteiger partial charge is 0.159 e. The van der Waals surface area contributed by atoms with Crippen LogP contribution in [0.5, 0.6) is 0 Å². The van der Waals surface area contributed by atoms with E-state index in [1.165, 1.54) is 0 Å². The fraction of sp³-hybridized carbons (Fsp3) is 0.200. The van der Waals surface area contributed by atoms with Crippen LogP contribution in [0.4, 0.5) is 13.2 Å². The second kappa shape index (κ2) is 4.39. The van der Waals surface area contributed by atoms with E-state index in [2.05, 4.69) is 0 Å². The molecule has 1 aromatic carbocycles. The van der Waals surface area contributed by atoms with Crippen LogP contribution in [0.2, 0.25) is 0 Å². The maximum absolute atomic E-state index is 11.7. The molecule has 1 unspecified atom stereocenters. The summed E-state index contributed by atoms with van der Waals surface area (Å²) in [4.78, 5) is 0. The van der Waals surface area contributed by atoms with Gasteiger partial charge in [0.2, 0.25) is 0 Å². The van der Waals surface area contributed by atoms with E-state index in [-0.39, 0.29) is 0 Å². The van der Waals surface area contributed by atoms with E-state index in [9.17, 15) is 13.2 Å². The molecule has 1 aromatic rings. The highest BCUT2D eigenvalue weighted by Gasteiger charge is 2.23. The molecule has 0 aliphatic rings. The molecule has 0 saturated heterocycles. The molecule has 4 heteroatoms. The van der Waals surface area contributed by atoms with Gasteiger partial charge in [0, 0.05) is 5.92 Å². The second-order valence-corrected chi connectivity index (χ2v) is 2.98. The van der Waals surface area contributed by atoms with Gasteiger partial charge in [-0.15, -0.1) is 11.6 Å². The third kappa shape index (κ3) is 3.71. The molecular formula is C10H6ClF3. The summed E-state index contributed by atoms with van der Waals surface area (Å²) in [6, 6.07) is 8.40. The number of alkyl halides is 4. The minimum absolute atomic E-state index is 0.561. The third-order valence-electron chi connectivity index (χ3n) is 1.43. The molecule has 14 heavy (non-hydrogen) atoms. The van der Waals surface area contributed by atoms with Gasteiger partial charge < -0.3 is 0 Å². The van der Waals surface area contributed by atoms with Gasteiger partial charge in [-0.1, -0.05) is 36.3 Å². The normalized spacial score (nSPS) is 12.9. The largest absolute Gasteiger partial charge is 0.457 e. The van der Waals surface area contributed by atoms with Crippen molar-refractivity contribution in [3.8, 4) is 11.8 Å². The van der Waals surface area contributed by atoms with Crippen LogP contribution < -0.4 is 0 Å². The molecule has 0 aromatic heterocycles. The third-order valence-corrected chi connectivity index (χ3v) is 1.79. The molecule has 0 N–H and O–H groups in total. The van der Waals surface area contributed by atoms with Crippen molar-refractivity contribution in [2.45, 2.75) is 11.6 Å². The molecule has 0 heterocycles. The Hall–Kier alpha value is -1.14. The van der Waals surface area contributed by atoms with Gasteiger partial charge in [-0.25, -0.2) is 0 Å². The van der Waals surface area contributed by atoms with Crippen LogP contribution in [0.25, 0.3) is 0 Å². The van der Waals surface area contributed by atoms with Crippen molar-refractivity contribution < 1.29 is 13.2 Å². The van der Waals surface area contributed by atoms with Gasteiger partial charge in [-0.2, -0.15) is 13.2 Å². The highest BCUT2D eigenvalue weighted by atomic mass is 35.5. The molecule has 0 saturated carbocycles. The van der Waals surface area contributed by atoms with E-state index in [1.807, 2.05) is 5.92 Å². The van der Waals surface area contributed by atoms with Crippen molar-refractivity contribution in [1.29, 1.82) is 0 Å². The first-order valence-corrected chi connectivity index (χ1v) is 4.21. The van der Waals surface area contributed by atoms with Crippen LogP contribution in [0.1, 0.15) is 10.9 Å².